The summed E-state index contributed by atoms with van der Waals surface area (Å²) in [5.41, 5.74) is 0.109. The minimum Gasteiger partial charge on any atom is -0.493 e. The molecule has 6 heteroatoms. The van der Waals surface area contributed by atoms with Crippen molar-refractivity contribution < 1.29 is 14.3 Å². The first-order valence-corrected chi connectivity index (χ1v) is 8.65. The number of aromatic nitrogens is 1. The smallest absolute Gasteiger partial charge is 0.268 e. The number of hydrogen-bond acceptors (Lipinski definition) is 5. The Kier molecular flexibility index (Phi) is 5.52. The molecule has 0 radical (unpaired) electrons. The summed E-state index contributed by atoms with van der Waals surface area (Å²) in [6.07, 6.45) is 3.29. The van der Waals surface area contributed by atoms with Crippen LogP contribution in [0.4, 0.5) is 0 Å². The second-order valence-electron chi connectivity index (χ2n) is 6.65. The van der Waals surface area contributed by atoms with Gasteiger partial charge in [0.2, 0.25) is 0 Å². The van der Waals surface area contributed by atoms with Crippen molar-refractivity contribution in [3.63, 3.8) is 0 Å². The lowest BCUT2D eigenvalue weighted by Gasteiger charge is -2.12. The van der Waals surface area contributed by atoms with Crippen molar-refractivity contribution in [2.75, 3.05) is 14.2 Å². The van der Waals surface area contributed by atoms with Crippen LogP contribution in [0.5, 0.6) is 11.5 Å². The number of ketones is 1. The number of rotatable bonds is 4. The quantitative estimate of drug-likeness (QED) is 0.832. The highest BCUT2D eigenvalue weighted by Gasteiger charge is 2.19. The number of ether oxygens (including phenoxy) is 2. The number of para-hydroxylation sites is 1. The normalized spacial score (nSPS) is 13.2. The van der Waals surface area contributed by atoms with Crippen LogP contribution in [-0.4, -0.2) is 24.6 Å². The molecule has 1 heterocycles. The molecule has 0 amide bonds. The molecule has 1 aromatic heterocycles. The van der Waals surface area contributed by atoms with Crippen molar-refractivity contribution in [1.82, 2.24) is 4.57 Å². The van der Waals surface area contributed by atoms with Gasteiger partial charge in [0.1, 0.15) is 4.66 Å². The molecule has 5 nitrogen and oxygen atoms in total. The van der Waals surface area contributed by atoms with E-state index in [0.717, 1.165) is 5.56 Å². The summed E-state index contributed by atoms with van der Waals surface area (Å²) in [6, 6.07) is 5.48. The van der Waals surface area contributed by atoms with Crippen molar-refractivity contribution in [2.24, 2.45) is 12.5 Å². The SMILES string of the molecule is COc1cccc(/C=c2\s/c(=C\C(=O)C(C)(C)C)n(C)c2=O)c1OC. The van der Waals surface area contributed by atoms with Gasteiger partial charge in [-0.3, -0.25) is 9.59 Å². The van der Waals surface area contributed by atoms with Crippen LogP contribution >= 0.6 is 11.3 Å². The van der Waals surface area contributed by atoms with Crippen molar-refractivity contribution in [3.8, 4) is 11.5 Å². The summed E-state index contributed by atoms with van der Waals surface area (Å²) in [5.74, 6) is 1.14. The van der Waals surface area contributed by atoms with E-state index in [0.29, 0.717) is 20.7 Å². The molecule has 0 unspecified atom stereocenters. The summed E-state index contributed by atoms with van der Waals surface area (Å²) in [6.45, 7) is 5.56. The van der Waals surface area contributed by atoms with Gasteiger partial charge < -0.3 is 14.0 Å². The topological polar surface area (TPSA) is 57.5 Å². The molecule has 0 fully saturated rings. The second-order valence-corrected chi connectivity index (χ2v) is 7.72. The van der Waals surface area contributed by atoms with Crippen LogP contribution in [0.25, 0.3) is 12.2 Å². The van der Waals surface area contributed by atoms with Crippen molar-refractivity contribution in [2.45, 2.75) is 20.8 Å². The lowest BCUT2D eigenvalue weighted by molar-refractivity contribution is -0.120. The Hall–Kier alpha value is -2.34. The first kappa shape index (κ1) is 19.0. The molecule has 2 aromatic rings. The maximum Gasteiger partial charge on any atom is 0.268 e. The third-order valence-corrected chi connectivity index (χ3v) is 4.89. The van der Waals surface area contributed by atoms with Gasteiger partial charge in [0, 0.05) is 24.1 Å². The molecule has 0 spiro atoms. The number of hydrogen-bond donors (Lipinski definition) is 0. The van der Waals surface area contributed by atoms with E-state index < -0.39 is 5.41 Å². The molecule has 0 saturated heterocycles. The predicted octanol–water partition coefficient (Wildman–Crippen LogP) is 1.69. The minimum absolute atomic E-state index is 0.0186. The van der Waals surface area contributed by atoms with Gasteiger partial charge in [-0.2, -0.15) is 0 Å². The summed E-state index contributed by atoms with van der Waals surface area (Å²) in [7, 11) is 4.79. The first-order chi connectivity index (χ1) is 11.7. The fourth-order valence-electron chi connectivity index (χ4n) is 2.20. The Morgan fingerprint density at radius 2 is 1.88 bits per heavy atom. The van der Waals surface area contributed by atoms with Gasteiger partial charge in [0.05, 0.1) is 18.8 Å². The Morgan fingerprint density at radius 3 is 2.44 bits per heavy atom. The maximum atomic E-state index is 12.5. The number of benzene rings is 1. The average Bonchev–Trinajstić information content (AvgIpc) is 2.81. The fourth-order valence-corrected chi connectivity index (χ4v) is 3.22. The lowest BCUT2D eigenvalue weighted by Crippen LogP contribution is -2.30. The Labute approximate surface area is 150 Å². The molecular weight excluding hydrogens is 338 g/mol. The largest absolute Gasteiger partial charge is 0.493 e. The zero-order valence-electron chi connectivity index (χ0n) is 15.4. The van der Waals surface area contributed by atoms with Crippen LogP contribution in [0.1, 0.15) is 26.3 Å². The summed E-state index contributed by atoms with van der Waals surface area (Å²) in [4.78, 5) is 24.8. The van der Waals surface area contributed by atoms with Crippen LogP contribution in [0.15, 0.2) is 23.0 Å². The highest BCUT2D eigenvalue weighted by molar-refractivity contribution is 7.07. The lowest BCUT2D eigenvalue weighted by atomic mass is 9.91. The number of nitrogens with zero attached hydrogens (tertiary/aromatic N) is 1. The van der Waals surface area contributed by atoms with Gasteiger partial charge in [0.15, 0.2) is 17.3 Å². The molecule has 134 valence electrons. The third kappa shape index (κ3) is 4.02. The van der Waals surface area contributed by atoms with Crippen molar-refractivity contribution in [1.29, 1.82) is 0 Å². The van der Waals surface area contributed by atoms with Gasteiger partial charge in [-0.1, -0.05) is 32.9 Å². The number of thiazole rings is 1. The number of carbonyl (C=O) groups excluding carboxylic acids is 1. The standard InChI is InChI=1S/C19H23NO4S/c1-19(2,3)15(21)11-16-20(4)18(22)14(25-16)10-12-8-7-9-13(23-5)17(12)24-6/h7-11H,1-6H3/b14-10-,16-11-. The van der Waals surface area contributed by atoms with Crippen LogP contribution in [0.3, 0.4) is 0 Å². The van der Waals surface area contributed by atoms with E-state index in [-0.39, 0.29) is 11.3 Å². The van der Waals surface area contributed by atoms with Crippen LogP contribution in [0, 0.1) is 5.41 Å². The number of Topliss-reactive ketones (excluding diaryl/α,β-unsaturated/α-hetero) is 1. The monoisotopic (exact) mass is 361 g/mol. The average molecular weight is 361 g/mol. The van der Waals surface area contributed by atoms with Crippen LogP contribution in [-0.2, 0) is 11.8 Å². The van der Waals surface area contributed by atoms with E-state index >= 15 is 0 Å². The zero-order valence-corrected chi connectivity index (χ0v) is 16.2. The number of carbonyl (C=O) groups is 1. The fraction of sp³-hybridized carbons (Fsp3) is 0.368. The van der Waals surface area contributed by atoms with Gasteiger partial charge in [-0.25, -0.2) is 0 Å². The van der Waals surface area contributed by atoms with Gasteiger partial charge in [0.25, 0.3) is 5.56 Å². The van der Waals surface area contributed by atoms with Crippen LogP contribution in [0.2, 0.25) is 0 Å². The Balaban J connectivity index is 2.66. The molecule has 0 aliphatic carbocycles. The molecule has 1 aromatic carbocycles. The van der Waals surface area contributed by atoms with E-state index in [9.17, 15) is 9.59 Å². The Morgan fingerprint density at radius 1 is 1.20 bits per heavy atom. The van der Waals surface area contributed by atoms with E-state index in [1.807, 2.05) is 32.9 Å². The zero-order chi connectivity index (χ0) is 18.8. The van der Waals surface area contributed by atoms with E-state index in [2.05, 4.69) is 0 Å². The van der Waals surface area contributed by atoms with Gasteiger partial charge >= 0.3 is 0 Å². The van der Waals surface area contributed by atoms with Gasteiger partial charge in [-0.15, -0.1) is 11.3 Å². The highest BCUT2D eigenvalue weighted by Crippen LogP contribution is 2.30. The molecular formula is C19H23NO4S. The van der Waals surface area contributed by atoms with Crippen molar-refractivity contribution in [3.05, 3.63) is 43.3 Å². The summed E-state index contributed by atoms with van der Waals surface area (Å²) in [5, 5.41) is 0. The third-order valence-electron chi connectivity index (χ3n) is 3.77. The van der Waals surface area contributed by atoms with E-state index in [1.54, 1.807) is 33.4 Å². The van der Waals surface area contributed by atoms with E-state index in [4.69, 9.17) is 9.47 Å². The first-order valence-electron chi connectivity index (χ1n) is 7.83. The van der Waals surface area contributed by atoms with Crippen molar-refractivity contribution >= 4 is 29.3 Å². The molecule has 0 aliphatic rings. The summed E-state index contributed by atoms with van der Waals surface area (Å²) >= 11 is 1.28. The molecule has 0 atom stereocenters. The molecule has 25 heavy (non-hydrogen) atoms. The summed E-state index contributed by atoms with van der Waals surface area (Å²) < 4.78 is 13.3. The second kappa shape index (κ2) is 7.27. The predicted molar refractivity (Wildman–Crippen MR) is 101 cm³/mol. The molecule has 0 aliphatic heterocycles. The minimum atomic E-state index is -0.486. The molecule has 0 N–H and O–H groups in total. The number of methoxy groups -OCH3 is 2. The Bertz CT molecular complexity index is 961. The highest BCUT2D eigenvalue weighted by atomic mass is 32.1. The molecule has 0 saturated carbocycles. The maximum absolute atomic E-state index is 12.5. The molecule has 0 bridgehead atoms. The van der Waals surface area contributed by atoms with E-state index in [1.165, 1.54) is 22.0 Å². The molecule has 2 rings (SSSR count). The van der Waals surface area contributed by atoms with Crippen LogP contribution < -0.4 is 24.2 Å². The van der Waals surface area contributed by atoms with Gasteiger partial charge in [-0.05, 0) is 12.1 Å².